The van der Waals surface area contributed by atoms with E-state index in [1.807, 2.05) is 12.1 Å². The molecule has 20 heavy (non-hydrogen) atoms. The van der Waals surface area contributed by atoms with Crippen LogP contribution in [0.15, 0.2) is 48.5 Å². The number of carboxylic acid groups (broad SMARTS) is 1. The highest BCUT2D eigenvalue weighted by Gasteiger charge is 2.21. The van der Waals surface area contributed by atoms with Gasteiger partial charge in [0.15, 0.2) is 0 Å². The van der Waals surface area contributed by atoms with Crippen LogP contribution in [0.5, 0.6) is 0 Å². The summed E-state index contributed by atoms with van der Waals surface area (Å²) in [6, 6.07) is 16.9. The summed E-state index contributed by atoms with van der Waals surface area (Å²) in [6.45, 7) is 0. The lowest BCUT2D eigenvalue weighted by molar-refractivity contribution is -0.137. The number of aliphatic carboxylic acids is 1. The van der Waals surface area contributed by atoms with E-state index in [1.54, 1.807) is 48.5 Å². The number of carbonyl (C=O) groups is 1. The molecule has 2 aromatic carbocycles. The van der Waals surface area contributed by atoms with Gasteiger partial charge in [-0.25, -0.2) is 0 Å². The van der Waals surface area contributed by atoms with E-state index >= 15 is 0 Å². The zero-order valence-corrected chi connectivity index (χ0v) is 10.4. The Bertz CT molecular complexity index is 647. The molecule has 0 bridgehead atoms. The van der Waals surface area contributed by atoms with Crippen molar-refractivity contribution in [1.29, 1.82) is 10.5 Å². The number of hydrogen-bond acceptors (Lipinski definition) is 3. The summed E-state index contributed by atoms with van der Waals surface area (Å²) < 4.78 is 0. The number of benzene rings is 2. The molecule has 96 valence electrons. The summed E-state index contributed by atoms with van der Waals surface area (Å²) in [5, 5.41) is 26.9. The molecular formula is C16H10N2O2. The van der Waals surface area contributed by atoms with Crippen molar-refractivity contribution >= 4 is 5.97 Å². The maximum absolute atomic E-state index is 11.5. The fourth-order valence-electron chi connectivity index (χ4n) is 1.98. The Hall–Kier alpha value is -3.11. The molecule has 2 aromatic rings. The van der Waals surface area contributed by atoms with Gasteiger partial charge < -0.3 is 5.11 Å². The van der Waals surface area contributed by atoms with Crippen molar-refractivity contribution < 1.29 is 9.90 Å². The summed E-state index contributed by atoms with van der Waals surface area (Å²) in [6.07, 6.45) is 0. The van der Waals surface area contributed by atoms with E-state index in [0.29, 0.717) is 22.3 Å². The van der Waals surface area contributed by atoms with Crippen LogP contribution in [-0.4, -0.2) is 11.1 Å². The van der Waals surface area contributed by atoms with Gasteiger partial charge in [-0.1, -0.05) is 24.3 Å². The van der Waals surface area contributed by atoms with Crippen LogP contribution in [0.3, 0.4) is 0 Å². The minimum Gasteiger partial charge on any atom is -0.481 e. The molecule has 0 fully saturated rings. The van der Waals surface area contributed by atoms with Crippen molar-refractivity contribution in [2.24, 2.45) is 0 Å². The lowest BCUT2D eigenvalue weighted by atomic mass is 9.90. The van der Waals surface area contributed by atoms with Gasteiger partial charge in [-0.3, -0.25) is 4.79 Å². The van der Waals surface area contributed by atoms with Crippen LogP contribution in [0.1, 0.15) is 28.2 Å². The lowest BCUT2D eigenvalue weighted by Gasteiger charge is -2.13. The first-order valence-electron chi connectivity index (χ1n) is 5.88. The van der Waals surface area contributed by atoms with E-state index in [1.165, 1.54) is 0 Å². The molecule has 4 nitrogen and oxygen atoms in total. The summed E-state index contributed by atoms with van der Waals surface area (Å²) >= 11 is 0. The molecule has 0 aliphatic heterocycles. The third kappa shape index (κ3) is 2.66. The molecule has 0 aliphatic rings. The third-order valence-electron chi connectivity index (χ3n) is 2.99. The molecule has 0 radical (unpaired) electrons. The number of carboxylic acids is 1. The van der Waals surface area contributed by atoms with E-state index in [0.717, 1.165) is 0 Å². The van der Waals surface area contributed by atoms with Gasteiger partial charge in [0.1, 0.15) is 5.92 Å². The number of nitrogens with zero attached hydrogens (tertiary/aromatic N) is 2. The Balaban J connectivity index is 2.42. The minimum atomic E-state index is -0.973. The highest BCUT2D eigenvalue weighted by molar-refractivity contribution is 5.80. The maximum Gasteiger partial charge on any atom is 0.315 e. The highest BCUT2D eigenvalue weighted by atomic mass is 16.4. The van der Waals surface area contributed by atoms with Crippen LogP contribution in [0.4, 0.5) is 0 Å². The van der Waals surface area contributed by atoms with E-state index in [-0.39, 0.29) is 0 Å². The smallest absolute Gasteiger partial charge is 0.315 e. The Kier molecular flexibility index (Phi) is 3.79. The topological polar surface area (TPSA) is 84.9 Å². The lowest BCUT2D eigenvalue weighted by Crippen LogP contribution is -2.13. The Labute approximate surface area is 116 Å². The molecule has 0 saturated heterocycles. The summed E-state index contributed by atoms with van der Waals surface area (Å²) in [5.74, 6) is -1.78. The SMILES string of the molecule is N#Cc1ccc(C(C(=O)O)c2ccc(C#N)cc2)cc1. The normalized spacial score (nSPS) is 9.75. The Morgan fingerprint density at radius 2 is 1.20 bits per heavy atom. The van der Waals surface area contributed by atoms with E-state index in [9.17, 15) is 9.90 Å². The van der Waals surface area contributed by atoms with Gasteiger partial charge in [0, 0.05) is 0 Å². The molecule has 0 unspecified atom stereocenters. The molecule has 0 atom stereocenters. The van der Waals surface area contributed by atoms with Gasteiger partial charge in [0.2, 0.25) is 0 Å². The zero-order chi connectivity index (χ0) is 14.5. The second-order valence-electron chi connectivity index (χ2n) is 4.24. The molecule has 0 heterocycles. The van der Waals surface area contributed by atoms with Crippen molar-refractivity contribution in [2.75, 3.05) is 0 Å². The second-order valence-corrected chi connectivity index (χ2v) is 4.24. The molecule has 0 amide bonds. The maximum atomic E-state index is 11.5. The molecule has 4 heteroatoms. The van der Waals surface area contributed by atoms with Crippen molar-refractivity contribution in [1.82, 2.24) is 0 Å². The molecule has 0 aromatic heterocycles. The second kappa shape index (κ2) is 5.69. The van der Waals surface area contributed by atoms with Gasteiger partial charge in [-0.05, 0) is 35.4 Å². The first-order chi connectivity index (χ1) is 9.65. The van der Waals surface area contributed by atoms with Gasteiger partial charge in [-0.2, -0.15) is 10.5 Å². The predicted molar refractivity (Wildman–Crippen MR) is 71.8 cm³/mol. The third-order valence-corrected chi connectivity index (χ3v) is 2.99. The molecule has 0 saturated carbocycles. The van der Waals surface area contributed by atoms with Crippen LogP contribution in [0.2, 0.25) is 0 Å². The molecule has 0 spiro atoms. The van der Waals surface area contributed by atoms with Crippen LogP contribution in [-0.2, 0) is 4.79 Å². The predicted octanol–water partition coefficient (Wildman–Crippen LogP) is 2.65. The molecular weight excluding hydrogens is 252 g/mol. The van der Waals surface area contributed by atoms with Crippen molar-refractivity contribution in [3.63, 3.8) is 0 Å². The Morgan fingerprint density at radius 1 is 0.850 bits per heavy atom. The average Bonchev–Trinajstić information content (AvgIpc) is 2.48. The van der Waals surface area contributed by atoms with Crippen molar-refractivity contribution in [3.05, 3.63) is 70.8 Å². The molecule has 0 aliphatic carbocycles. The molecule has 2 rings (SSSR count). The van der Waals surface area contributed by atoms with E-state index in [4.69, 9.17) is 10.5 Å². The highest BCUT2D eigenvalue weighted by Crippen LogP contribution is 2.25. The first kappa shape index (κ1) is 13.3. The summed E-state index contributed by atoms with van der Waals surface area (Å²) in [5.41, 5.74) is 2.16. The number of rotatable bonds is 3. The largest absolute Gasteiger partial charge is 0.481 e. The fraction of sp³-hybridized carbons (Fsp3) is 0.0625. The number of nitriles is 2. The van der Waals surface area contributed by atoms with Gasteiger partial charge in [0.25, 0.3) is 0 Å². The van der Waals surface area contributed by atoms with Crippen LogP contribution < -0.4 is 0 Å². The quantitative estimate of drug-likeness (QED) is 0.921. The number of hydrogen-bond donors (Lipinski definition) is 1. The van der Waals surface area contributed by atoms with Gasteiger partial charge in [-0.15, -0.1) is 0 Å². The van der Waals surface area contributed by atoms with E-state index < -0.39 is 11.9 Å². The average molecular weight is 262 g/mol. The van der Waals surface area contributed by atoms with Crippen molar-refractivity contribution in [3.8, 4) is 12.1 Å². The standard InChI is InChI=1S/C16H10N2O2/c17-9-11-1-5-13(6-2-11)15(16(19)20)14-7-3-12(10-18)4-8-14/h1-8,15H,(H,19,20). The van der Waals surface area contributed by atoms with Crippen molar-refractivity contribution in [2.45, 2.75) is 5.92 Å². The van der Waals surface area contributed by atoms with Gasteiger partial charge in [0.05, 0.1) is 23.3 Å². The van der Waals surface area contributed by atoms with E-state index in [2.05, 4.69) is 0 Å². The van der Waals surface area contributed by atoms with Crippen LogP contribution in [0.25, 0.3) is 0 Å². The summed E-state index contributed by atoms with van der Waals surface area (Å²) in [7, 11) is 0. The first-order valence-corrected chi connectivity index (χ1v) is 5.88. The summed E-state index contributed by atoms with van der Waals surface area (Å²) in [4.78, 5) is 11.5. The monoisotopic (exact) mass is 262 g/mol. The minimum absolute atomic E-state index is 0.484. The van der Waals surface area contributed by atoms with Gasteiger partial charge >= 0.3 is 5.97 Å². The Morgan fingerprint density at radius 3 is 1.45 bits per heavy atom. The zero-order valence-electron chi connectivity index (χ0n) is 10.4. The van der Waals surface area contributed by atoms with Crippen LogP contribution >= 0.6 is 0 Å². The fourth-order valence-corrected chi connectivity index (χ4v) is 1.98. The van der Waals surface area contributed by atoms with Crippen LogP contribution in [0, 0.1) is 22.7 Å². The molecule has 1 N–H and O–H groups in total.